The predicted molar refractivity (Wildman–Crippen MR) is 146 cm³/mol. The van der Waals surface area contributed by atoms with Crippen molar-refractivity contribution in [3.63, 3.8) is 0 Å². The van der Waals surface area contributed by atoms with Gasteiger partial charge in [0.1, 0.15) is 22.3 Å². The summed E-state index contributed by atoms with van der Waals surface area (Å²) in [6, 6.07) is 2.03. The highest BCUT2D eigenvalue weighted by atomic mass is 35.5. The molecule has 1 aliphatic heterocycles. The van der Waals surface area contributed by atoms with Gasteiger partial charge in [-0.2, -0.15) is 5.26 Å². The minimum absolute atomic E-state index is 0.0601. The van der Waals surface area contributed by atoms with Crippen molar-refractivity contribution in [2.45, 2.75) is 39.3 Å². The van der Waals surface area contributed by atoms with Crippen LogP contribution in [0.1, 0.15) is 51.2 Å². The number of thiazole rings is 1. The molecular formula is C26H31ClN6O5S. The number of H-pyrrole nitrogens is 1. The van der Waals surface area contributed by atoms with Crippen molar-refractivity contribution in [1.29, 1.82) is 5.26 Å². The maximum absolute atomic E-state index is 13.2. The van der Waals surface area contributed by atoms with Crippen LogP contribution in [-0.2, 0) is 20.8 Å². The first-order valence-electron chi connectivity index (χ1n) is 12.6. The number of ether oxygens (including phenoxy) is 3. The summed E-state index contributed by atoms with van der Waals surface area (Å²) in [5.41, 5.74) is 1.47. The Morgan fingerprint density at radius 1 is 1.36 bits per heavy atom. The van der Waals surface area contributed by atoms with Gasteiger partial charge in [-0.05, 0) is 26.2 Å². The summed E-state index contributed by atoms with van der Waals surface area (Å²) in [7, 11) is 2.97. The van der Waals surface area contributed by atoms with E-state index in [4.69, 9.17) is 30.8 Å². The van der Waals surface area contributed by atoms with Crippen LogP contribution in [0, 0.1) is 24.2 Å². The zero-order valence-corrected chi connectivity index (χ0v) is 23.9. The topological polar surface area (TPSA) is 135 Å². The van der Waals surface area contributed by atoms with E-state index < -0.39 is 5.97 Å². The zero-order valence-electron chi connectivity index (χ0n) is 22.3. The lowest BCUT2D eigenvalue weighted by Gasteiger charge is -2.38. The normalized spacial score (nSPS) is 17.3. The third-order valence-corrected chi connectivity index (χ3v) is 8.32. The maximum Gasteiger partial charge on any atom is 0.350 e. The highest BCUT2D eigenvalue weighted by molar-refractivity contribution is 7.17. The number of hydrogen-bond acceptors (Lipinski definition) is 10. The van der Waals surface area contributed by atoms with Gasteiger partial charge in [-0.15, -0.1) is 0 Å². The quantitative estimate of drug-likeness (QED) is 0.265. The lowest BCUT2D eigenvalue weighted by molar-refractivity contribution is 0.0103. The smallest absolute Gasteiger partial charge is 0.350 e. The molecule has 0 aromatic carbocycles. The highest BCUT2D eigenvalue weighted by Crippen LogP contribution is 2.36. The van der Waals surface area contributed by atoms with Gasteiger partial charge in [0.25, 0.3) is 0 Å². The van der Waals surface area contributed by atoms with Gasteiger partial charge >= 0.3 is 5.97 Å². The monoisotopic (exact) mass is 574 g/mol. The molecule has 1 N–H and O–H groups in total. The van der Waals surface area contributed by atoms with Crippen LogP contribution in [0.2, 0.25) is 5.02 Å². The van der Waals surface area contributed by atoms with E-state index in [9.17, 15) is 14.9 Å². The van der Waals surface area contributed by atoms with Crippen molar-refractivity contribution in [2.75, 3.05) is 45.4 Å². The second kappa shape index (κ2) is 12.7. The van der Waals surface area contributed by atoms with E-state index in [-0.39, 0.29) is 40.5 Å². The van der Waals surface area contributed by atoms with E-state index in [1.165, 1.54) is 18.4 Å². The van der Waals surface area contributed by atoms with Crippen molar-refractivity contribution in [3.05, 3.63) is 39.2 Å². The Hall–Kier alpha value is -3.24. The molecule has 4 rings (SSSR count). The first-order chi connectivity index (χ1) is 18.8. The number of methoxy groups -OCH3 is 2. The van der Waals surface area contributed by atoms with E-state index in [2.05, 4.69) is 14.9 Å². The van der Waals surface area contributed by atoms with Gasteiger partial charge in [0.05, 0.1) is 30.4 Å². The van der Waals surface area contributed by atoms with Gasteiger partial charge in [-0.25, -0.2) is 14.8 Å². The average molecular weight is 575 g/mol. The summed E-state index contributed by atoms with van der Waals surface area (Å²) in [6.45, 7) is 6.28. The minimum Gasteiger partial charge on any atom is -0.465 e. The minimum atomic E-state index is -0.481. The first kappa shape index (κ1) is 28.8. The number of carbonyl (C=O) groups excluding carboxylic acids is 2. The Balaban J connectivity index is 1.57. The summed E-state index contributed by atoms with van der Waals surface area (Å²) in [5.74, 6) is -0.151. The molecule has 11 nitrogen and oxygen atoms in total. The molecule has 2 atom stereocenters. The number of Topliss-reactive ketones (excluding diaryl/α,β-unsaturated/α-hetero) is 1. The number of hydrogen-bond donors (Lipinski definition) is 1. The third kappa shape index (κ3) is 6.01. The Kier molecular flexibility index (Phi) is 9.40. The number of nitriles is 1. The zero-order chi connectivity index (χ0) is 28.1. The molecule has 39 heavy (non-hydrogen) atoms. The summed E-state index contributed by atoms with van der Waals surface area (Å²) in [5, 5.41) is 10.4. The number of aromatic nitrogens is 4. The fourth-order valence-electron chi connectivity index (χ4n) is 4.75. The molecule has 3 aromatic heterocycles. The number of esters is 1. The number of carbonyl (C=O) groups is 2. The number of nitrogens with one attached hydrogen (secondary N) is 1. The molecule has 0 unspecified atom stereocenters. The Bertz CT molecular complexity index is 1380. The highest BCUT2D eigenvalue weighted by Gasteiger charge is 2.35. The molecule has 4 heterocycles. The second-order valence-electron chi connectivity index (χ2n) is 9.14. The van der Waals surface area contributed by atoms with Crippen molar-refractivity contribution >= 4 is 39.8 Å². The molecule has 0 radical (unpaired) electrons. The fourth-order valence-corrected chi connectivity index (χ4v) is 5.95. The van der Waals surface area contributed by atoms with Crippen molar-refractivity contribution in [3.8, 4) is 17.6 Å². The van der Waals surface area contributed by atoms with Gasteiger partial charge in [-0.1, -0.05) is 22.9 Å². The molecule has 13 heteroatoms. The van der Waals surface area contributed by atoms with Crippen molar-refractivity contribution in [1.82, 2.24) is 19.5 Å². The van der Waals surface area contributed by atoms with Crippen molar-refractivity contribution < 1.29 is 23.8 Å². The third-order valence-electron chi connectivity index (χ3n) is 6.75. The van der Waals surface area contributed by atoms with Crippen LogP contribution < -0.4 is 4.90 Å². The average Bonchev–Trinajstić information content (AvgIpc) is 3.65. The first-order valence-corrected chi connectivity index (χ1v) is 13.8. The number of rotatable bonds is 11. The van der Waals surface area contributed by atoms with E-state index >= 15 is 0 Å². The molecule has 0 aliphatic carbocycles. The molecule has 1 saturated heterocycles. The van der Waals surface area contributed by atoms with Crippen LogP contribution in [0.15, 0.2) is 12.4 Å². The number of nitrogens with zero attached hydrogens (tertiary/aromatic N) is 5. The molecule has 1 aliphatic rings. The number of imidazole rings is 1. The van der Waals surface area contributed by atoms with E-state index in [0.717, 1.165) is 0 Å². The van der Waals surface area contributed by atoms with E-state index in [1.807, 2.05) is 23.8 Å². The number of anilines is 1. The molecule has 208 valence electrons. The van der Waals surface area contributed by atoms with E-state index in [0.29, 0.717) is 66.5 Å². The van der Waals surface area contributed by atoms with Crippen LogP contribution in [0.5, 0.6) is 0 Å². The molecule has 1 fully saturated rings. The number of aromatic amines is 1. The van der Waals surface area contributed by atoms with Crippen LogP contribution in [0.25, 0.3) is 11.5 Å². The van der Waals surface area contributed by atoms with Gasteiger partial charge in [0.15, 0.2) is 16.7 Å². The summed E-state index contributed by atoms with van der Waals surface area (Å²) < 4.78 is 18.2. The maximum atomic E-state index is 13.2. The number of aryl methyl sites for hydroxylation is 1. The number of piperidine rings is 1. The standard InChI is InChI=1S/C26H31ClN6O5S/c1-5-38-19-14-33(8-6-16(19)12-18(34)21-17(13-28)20(27)15(2)30-21)26-31-22(23(39-26)25(35)37-4)24-29-7-9-32(24)10-11-36-3/h7,9,16,19,30H,5-6,8,10-12,14H2,1-4H3/t16-,19-/m0/s1. The van der Waals surface area contributed by atoms with Crippen molar-refractivity contribution in [2.24, 2.45) is 5.92 Å². The van der Waals surface area contributed by atoms with Crippen LogP contribution in [-0.4, -0.2) is 77.9 Å². The van der Waals surface area contributed by atoms with Gasteiger partial charge in [0, 0.05) is 57.9 Å². The Labute approximate surface area is 235 Å². The molecule has 0 bridgehead atoms. The molecule has 0 amide bonds. The second-order valence-corrected chi connectivity index (χ2v) is 10.5. The van der Waals surface area contributed by atoms with E-state index in [1.54, 1.807) is 20.2 Å². The Morgan fingerprint density at radius 3 is 2.85 bits per heavy atom. The van der Waals surface area contributed by atoms with Gasteiger partial charge in [0.2, 0.25) is 0 Å². The fraction of sp³-hybridized carbons (Fsp3) is 0.500. The lowest BCUT2D eigenvalue weighted by atomic mass is 9.88. The summed E-state index contributed by atoms with van der Waals surface area (Å²) in [6.07, 6.45) is 4.11. The summed E-state index contributed by atoms with van der Waals surface area (Å²) >= 11 is 7.45. The van der Waals surface area contributed by atoms with Crippen LogP contribution in [0.4, 0.5) is 5.13 Å². The lowest BCUT2D eigenvalue weighted by Crippen LogP contribution is -2.46. The molecular weight excluding hydrogens is 544 g/mol. The van der Waals surface area contributed by atoms with Crippen LogP contribution >= 0.6 is 22.9 Å². The van der Waals surface area contributed by atoms with Gasteiger partial charge < -0.3 is 28.7 Å². The summed E-state index contributed by atoms with van der Waals surface area (Å²) in [4.78, 5) is 40.5. The largest absolute Gasteiger partial charge is 0.465 e. The predicted octanol–water partition coefficient (Wildman–Crippen LogP) is 4.11. The molecule has 0 spiro atoms. The number of ketones is 1. The molecule has 0 saturated carbocycles. The van der Waals surface area contributed by atoms with Gasteiger partial charge in [-0.3, -0.25) is 4.79 Å². The van der Waals surface area contributed by atoms with Crippen LogP contribution in [0.3, 0.4) is 0 Å². The Morgan fingerprint density at radius 2 is 2.15 bits per heavy atom. The molecule has 3 aromatic rings. The SMILES string of the molecule is CCO[C@H]1CN(c2nc(-c3nccn3CCOC)c(C(=O)OC)s2)CC[C@H]1CC(=O)c1[nH]c(C)c(Cl)c1C#N. The number of halogens is 1.